The van der Waals surface area contributed by atoms with E-state index in [9.17, 15) is 24.9 Å². The summed E-state index contributed by atoms with van der Waals surface area (Å²) in [5.74, 6) is -1.35. The van der Waals surface area contributed by atoms with E-state index in [0.29, 0.717) is 19.3 Å². The van der Waals surface area contributed by atoms with Crippen molar-refractivity contribution in [1.82, 2.24) is 0 Å². The number of aliphatic carboxylic acids is 1. The van der Waals surface area contributed by atoms with Crippen molar-refractivity contribution in [2.75, 3.05) is 0 Å². The van der Waals surface area contributed by atoms with Crippen LogP contribution in [0, 0.1) is 44.8 Å². The Balaban J connectivity index is 1.25. The minimum atomic E-state index is -0.992. The van der Waals surface area contributed by atoms with Crippen molar-refractivity contribution >= 4 is 11.9 Å². The molecule has 250 valence electrons. The molecule has 2 spiro atoms. The van der Waals surface area contributed by atoms with Crippen LogP contribution in [0.3, 0.4) is 0 Å². The molecular weight excluding hydrogens is 562 g/mol. The number of carboxylic acids is 1. The summed E-state index contributed by atoms with van der Waals surface area (Å²) >= 11 is 0. The minimum Gasteiger partial charge on any atom is -0.481 e. The zero-order valence-electron chi connectivity index (χ0n) is 27.9. The van der Waals surface area contributed by atoms with Gasteiger partial charge in [0.25, 0.3) is 0 Å². The Morgan fingerprint density at radius 3 is 2.25 bits per heavy atom. The van der Waals surface area contributed by atoms with E-state index in [4.69, 9.17) is 20.3 Å². The van der Waals surface area contributed by atoms with Gasteiger partial charge in [0.15, 0.2) is 0 Å². The number of carbonyl (C=O) groups excluding carboxylic acids is 1. The van der Waals surface area contributed by atoms with Gasteiger partial charge in [0.05, 0.1) is 29.5 Å². The second kappa shape index (κ2) is 9.88. The molecule has 5 saturated carbocycles. The molecule has 6 N–H and O–H groups in total. The fraction of sp³-hybridized carbons (Fsp3) is 0.943. The number of hydrogen-bond acceptors (Lipinski definition) is 8. The second-order valence-electron chi connectivity index (χ2n) is 17.8. The molecular formula is C35H57NO8. The fourth-order valence-electron chi connectivity index (χ4n) is 13.0. The lowest BCUT2D eigenvalue weighted by atomic mass is 9.41. The molecule has 6 fully saturated rings. The number of fused-ring (bicyclic) bond motifs is 2. The number of hydrogen-bond donors (Lipinski definition) is 5. The summed E-state index contributed by atoms with van der Waals surface area (Å²) in [5, 5.41) is 43.7. The first kappa shape index (κ1) is 32.7. The van der Waals surface area contributed by atoms with Crippen LogP contribution in [0.5, 0.6) is 0 Å². The van der Waals surface area contributed by atoms with Crippen molar-refractivity contribution in [2.45, 2.75) is 161 Å². The van der Waals surface area contributed by atoms with Crippen LogP contribution in [0.1, 0.15) is 119 Å². The maximum Gasteiger partial charge on any atom is 0.323 e. The number of carbonyl (C=O) groups is 2. The predicted octanol–water partition coefficient (Wildman–Crippen LogP) is 4.18. The lowest BCUT2D eigenvalue weighted by molar-refractivity contribution is -0.218. The monoisotopic (exact) mass is 619 g/mol. The number of esters is 1. The van der Waals surface area contributed by atoms with E-state index in [0.717, 1.165) is 38.5 Å². The Bertz CT molecular complexity index is 1200. The van der Waals surface area contributed by atoms with Crippen LogP contribution in [-0.4, -0.2) is 74.0 Å². The Kier molecular flexibility index (Phi) is 7.34. The lowest BCUT2D eigenvalue weighted by Gasteiger charge is -2.64. The van der Waals surface area contributed by atoms with Gasteiger partial charge in [-0.05, 0) is 118 Å². The summed E-state index contributed by atoms with van der Waals surface area (Å²) < 4.78 is 12.7. The Morgan fingerprint density at radius 2 is 1.64 bits per heavy atom. The highest BCUT2D eigenvalue weighted by molar-refractivity contribution is 5.77. The molecule has 1 aliphatic heterocycles. The highest BCUT2D eigenvalue weighted by atomic mass is 16.5. The van der Waals surface area contributed by atoms with Crippen LogP contribution in [0.2, 0.25) is 0 Å². The lowest BCUT2D eigenvalue weighted by Crippen LogP contribution is -2.62. The van der Waals surface area contributed by atoms with Gasteiger partial charge in [-0.3, -0.25) is 9.59 Å². The topological polar surface area (TPSA) is 160 Å². The third-order valence-electron chi connectivity index (χ3n) is 15.0. The number of ether oxygens (including phenoxy) is 2. The van der Waals surface area contributed by atoms with Gasteiger partial charge < -0.3 is 35.6 Å². The number of carboxylic acid groups (broad SMARTS) is 1. The molecule has 1 saturated heterocycles. The normalized spacial score (nSPS) is 51.4. The summed E-state index contributed by atoms with van der Waals surface area (Å²) in [6.07, 6.45) is 5.79. The average molecular weight is 620 g/mol. The molecule has 0 aromatic carbocycles. The molecule has 0 aromatic rings. The molecule has 9 nitrogen and oxygen atoms in total. The molecule has 0 bridgehead atoms. The SMILES string of the molecule is CC(C)(O)C1CC[C@](C)(C2C(O)C[C@@]3(C)C4C[C@H](O)[C@H]5C(C)(C)C(OC(=O)[C@@H](N)CCC(=O)O)CCC56CC46CCC23C)O1. The minimum absolute atomic E-state index is 0.0219. The summed E-state index contributed by atoms with van der Waals surface area (Å²) in [7, 11) is 0. The zero-order valence-corrected chi connectivity index (χ0v) is 27.9. The Morgan fingerprint density at radius 1 is 0.955 bits per heavy atom. The van der Waals surface area contributed by atoms with Crippen LogP contribution in [-0.2, 0) is 19.1 Å². The fourth-order valence-corrected chi connectivity index (χ4v) is 13.0. The van der Waals surface area contributed by atoms with E-state index < -0.39 is 52.9 Å². The van der Waals surface area contributed by atoms with Crippen molar-refractivity contribution in [3.63, 3.8) is 0 Å². The first-order valence-corrected chi connectivity index (χ1v) is 17.1. The Hall–Kier alpha value is -1.26. The molecule has 0 amide bonds. The van der Waals surface area contributed by atoms with Crippen LogP contribution < -0.4 is 5.73 Å². The number of aliphatic hydroxyl groups excluding tert-OH is 2. The standard InChI is InChI=1S/C35H57NO8/c1-29(2)23(43-28(41)19(36)8-9-25(39)40)11-13-35-18-34(35)15-14-31(5)27(33(7)12-10-24(44-33)30(3,4)42)21(38)17-32(31,6)22(34)16-20(37)26(29)35/h19-24,26-27,37-38,42H,8-18,36H2,1-7H3,(H,39,40)/t19-,20-,21?,22?,23?,24?,26-,27?,31?,32-,33+,34?,35?/m0/s1. The van der Waals surface area contributed by atoms with Crippen molar-refractivity contribution in [1.29, 1.82) is 0 Å². The molecule has 1 heterocycles. The molecule has 44 heavy (non-hydrogen) atoms. The van der Waals surface area contributed by atoms with Crippen molar-refractivity contribution < 1.29 is 39.5 Å². The van der Waals surface area contributed by atoms with Gasteiger partial charge in [0.2, 0.25) is 0 Å². The molecule has 5 aliphatic carbocycles. The smallest absolute Gasteiger partial charge is 0.323 e. The molecule has 6 aliphatic rings. The van der Waals surface area contributed by atoms with Gasteiger partial charge in [0.1, 0.15) is 12.1 Å². The van der Waals surface area contributed by atoms with Crippen molar-refractivity contribution in [3.8, 4) is 0 Å². The van der Waals surface area contributed by atoms with Gasteiger partial charge in [-0.25, -0.2) is 0 Å². The summed E-state index contributed by atoms with van der Waals surface area (Å²) in [6, 6.07) is -0.979. The van der Waals surface area contributed by atoms with Crippen LogP contribution >= 0.6 is 0 Å². The van der Waals surface area contributed by atoms with E-state index >= 15 is 0 Å². The largest absolute Gasteiger partial charge is 0.481 e. The van der Waals surface area contributed by atoms with E-state index in [1.165, 1.54) is 0 Å². The quantitative estimate of drug-likeness (QED) is 0.264. The first-order valence-electron chi connectivity index (χ1n) is 17.1. The summed E-state index contributed by atoms with van der Waals surface area (Å²) in [6.45, 7) is 14.8. The van der Waals surface area contributed by atoms with Gasteiger partial charge in [-0.1, -0.05) is 27.7 Å². The first-order chi connectivity index (χ1) is 20.2. The van der Waals surface area contributed by atoms with E-state index in [-0.39, 0.29) is 58.4 Å². The molecule has 9 heteroatoms. The number of nitrogens with two attached hydrogens (primary N) is 1. The molecule has 0 radical (unpaired) electrons. The second-order valence-corrected chi connectivity index (χ2v) is 17.8. The summed E-state index contributed by atoms with van der Waals surface area (Å²) in [5.41, 5.74) is 3.80. The highest BCUT2D eigenvalue weighted by Gasteiger charge is 2.85. The number of rotatable bonds is 7. The molecule has 13 atom stereocenters. The third-order valence-corrected chi connectivity index (χ3v) is 15.0. The van der Waals surface area contributed by atoms with Gasteiger partial charge in [-0.15, -0.1) is 0 Å². The average Bonchev–Trinajstić information content (AvgIpc) is 3.25. The molecule has 8 unspecified atom stereocenters. The van der Waals surface area contributed by atoms with Gasteiger partial charge >= 0.3 is 11.9 Å². The zero-order chi connectivity index (χ0) is 32.5. The third kappa shape index (κ3) is 4.27. The van der Waals surface area contributed by atoms with Gasteiger partial charge in [0, 0.05) is 17.8 Å². The van der Waals surface area contributed by atoms with E-state index in [1.54, 1.807) is 0 Å². The molecule has 6 rings (SSSR count). The van der Waals surface area contributed by atoms with E-state index in [1.807, 2.05) is 13.8 Å². The number of aliphatic hydroxyl groups is 3. The van der Waals surface area contributed by atoms with Crippen LogP contribution in [0.15, 0.2) is 0 Å². The van der Waals surface area contributed by atoms with Crippen molar-refractivity contribution in [2.24, 2.45) is 50.6 Å². The maximum absolute atomic E-state index is 12.9. The van der Waals surface area contributed by atoms with Crippen LogP contribution in [0.4, 0.5) is 0 Å². The predicted molar refractivity (Wildman–Crippen MR) is 163 cm³/mol. The highest BCUT2D eigenvalue weighted by Crippen LogP contribution is 2.89. The molecule has 0 aromatic heterocycles. The van der Waals surface area contributed by atoms with Crippen LogP contribution in [0.25, 0.3) is 0 Å². The Labute approximate surface area is 262 Å². The maximum atomic E-state index is 12.9. The van der Waals surface area contributed by atoms with Crippen molar-refractivity contribution in [3.05, 3.63) is 0 Å². The van der Waals surface area contributed by atoms with E-state index in [2.05, 4.69) is 34.6 Å². The summed E-state index contributed by atoms with van der Waals surface area (Å²) in [4.78, 5) is 23.9. The van der Waals surface area contributed by atoms with Gasteiger partial charge in [-0.2, -0.15) is 0 Å².